The molecular weight excluding hydrogens is 472 g/mol. The molecule has 25 heavy (non-hydrogen) atoms. The predicted molar refractivity (Wildman–Crippen MR) is 106 cm³/mol. The van der Waals surface area contributed by atoms with Crippen molar-refractivity contribution in [2.45, 2.75) is 24.3 Å². The Hall–Kier alpha value is -1.16. The molecule has 1 aliphatic rings. The molecule has 0 amide bonds. The molecule has 0 bridgehead atoms. The molecule has 0 saturated carbocycles. The maximum absolute atomic E-state index is 11.6. The van der Waals surface area contributed by atoms with Crippen LogP contribution in [0.25, 0.3) is 0 Å². The fourth-order valence-electron chi connectivity index (χ4n) is 2.93. The third-order valence-electron chi connectivity index (χ3n) is 4.23. The number of hydrogen-bond donors (Lipinski definition) is 2. The lowest BCUT2D eigenvalue weighted by atomic mass is 10.2. The molecule has 2 heterocycles. The average Bonchev–Trinajstić information content (AvgIpc) is 2.99. The molecule has 1 saturated heterocycles. The summed E-state index contributed by atoms with van der Waals surface area (Å²) in [6.07, 6.45) is 2.27. The average molecular weight is 490 g/mol. The van der Waals surface area contributed by atoms with Gasteiger partial charge in [-0.25, -0.2) is 18.5 Å². The van der Waals surface area contributed by atoms with E-state index < -0.39 is 10.0 Å². The molecule has 134 valence electrons. The number of sulfonamides is 1. The summed E-state index contributed by atoms with van der Waals surface area (Å²) in [5.41, 5.74) is 1.73. The van der Waals surface area contributed by atoms with E-state index in [-0.39, 0.29) is 10.9 Å². The molecule has 1 aromatic heterocycles. The summed E-state index contributed by atoms with van der Waals surface area (Å²) in [6.45, 7) is 3.50. The molecule has 1 aromatic carbocycles. The number of hydrogen-bond acceptors (Lipinski definition) is 5. The van der Waals surface area contributed by atoms with Crippen molar-refractivity contribution in [1.82, 2.24) is 4.98 Å². The van der Waals surface area contributed by atoms with Crippen molar-refractivity contribution >= 4 is 53.4 Å². The normalized spacial score (nSPS) is 17.8. The van der Waals surface area contributed by atoms with E-state index in [4.69, 9.17) is 5.14 Å². The first kappa shape index (κ1) is 18.6. The number of nitrogens with one attached hydrogen (secondary N) is 1. The quantitative estimate of drug-likeness (QED) is 0.688. The second-order valence-electron chi connectivity index (χ2n) is 6.01. The second-order valence-corrected chi connectivity index (χ2v) is 9.25. The summed E-state index contributed by atoms with van der Waals surface area (Å²) in [6, 6.07) is 8.44. The Labute approximate surface area is 164 Å². The standard InChI is InChI=1S/C16H18Br2N4O2S/c1-10-14(25(19,23)24)8-20-16(15(10)18)21-12-5-6-22(9-12)13-4-2-3-11(17)7-13/h2-4,7-8,12H,5-6,9H2,1H3,(H,20,21)(H2,19,23,24). The monoisotopic (exact) mass is 488 g/mol. The number of nitrogens with two attached hydrogens (primary N) is 1. The van der Waals surface area contributed by atoms with Crippen LogP contribution >= 0.6 is 31.9 Å². The van der Waals surface area contributed by atoms with Crippen LogP contribution in [0.4, 0.5) is 11.5 Å². The number of benzene rings is 1. The van der Waals surface area contributed by atoms with Gasteiger partial charge < -0.3 is 10.2 Å². The van der Waals surface area contributed by atoms with Crippen molar-refractivity contribution in [2.24, 2.45) is 5.14 Å². The van der Waals surface area contributed by atoms with Gasteiger partial charge in [0.15, 0.2) is 0 Å². The molecule has 1 aliphatic heterocycles. The lowest BCUT2D eigenvalue weighted by Gasteiger charge is -2.20. The molecule has 1 fully saturated rings. The Morgan fingerprint density at radius 3 is 2.80 bits per heavy atom. The van der Waals surface area contributed by atoms with Gasteiger partial charge in [0.05, 0.1) is 4.47 Å². The second kappa shape index (κ2) is 7.22. The van der Waals surface area contributed by atoms with Gasteiger partial charge in [-0.1, -0.05) is 22.0 Å². The maximum Gasteiger partial charge on any atom is 0.239 e. The fraction of sp³-hybridized carbons (Fsp3) is 0.312. The number of anilines is 2. The Morgan fingerprint density at radius 1 is 1.36 bits per heavy atom. The van der Waals surface area contributed by atoms with Gasteiger partial charge in [-0.05, 0) is 53.0 Å². The maximum atomic E-state index is 11.6. The molecule has 0 spiro atoms. The van der Waals surface area contributed by atoms with Gasteiger partial charge in [-0.2, -0.15) is 0 Å². The first-order valence-electron chi connectivity index (χ1n) is 7.70. The van der Waals surface area contributed by atoms with Crippen molar-refractivity contribution in [3.8, 4) is 0 Å². The number of halogens is 2. The summed E-state index contributed by atoms with van der Waals surface area (Å²) in [5.74, 6) is 0.631. The van der Waals surface area contributed by atoms with Crippen LogP contribution in [0.15, 0.2) is 44.3 Å². The highest BCUT2D eigenvalue weighted by Gasteiger charge is 2.25. The van der Waals surface area contributed by atoms with Crippen LogP contribution < -0.4 is 15.4 Å². The smallest absolute Gasteiger partial charge is 0.239 e. The highest BCUT2D eigenvalue weighted by atomic mass is 79.9. The molecule has 6 nitrogen and oxygen atoms in total. The van der Waals surface area contributed by atoms with Gasteiger partial charge in [0.25, 0.3) is 0 Å². The predicted octanol–water partition coefficient (Wildman–Crippen LogP) is 3.25. The molecule has 1 atom stereocenters. The van der Waals surface area contributed by atoms with Gasteiger partial charge in [0.2, 0.25) is 10.0 Å². The minimum Gasteiger partial charge on any atom is -0.369 e. The van der Waals surface area contributed by atoms with E-state index >= 15 is 0 Å². The molecule has 2 aromatic rings. The topological polar surface area (TPSA) is 88.3 Å². The molecule has 0 radical (unpaired) electrons. The Morgan fingerprint density at radius 2 is 2.12 bits per heavy atom. The highest BCUT2D eigenvalue weighted by Crippen LogP contribution is 2.30. The van der Waals surface area contributed by atoms with Gasteiger partial charge >= 0.3 is 0 Å². The van der Waals surface area contributed by atoms with Gasteiger partial charge in [-0.3, -0.25) is 0 Å². The molecule has 9 heteroatoms. The van der Waals surface area contributed by atoms with Gasteiger partial charge in [0, 0.05) is 35.5 Å². The first-order chi connectivity index (χ1) is 11.8. The highest BCUT2D eigenvalue weighted by molar-refractivity contribution is 9.11. The summed E-state index contributed by atoms with van der Waals surface area (Å²) >= 11 is 6.94. The summed E-state index contributed by atoms with van der Waals surface area (Å²) in [7, 11) is -3.78. The van der Waals surface area contributed by atoms with Crippen LogP contribution in [0.1, 0.15) is 12.0 Å². The van der Waals surface area contributed by atoms with E-state index in [9.17, 15) is 8.42 Å². The number of primary sulfonamides is 1. The van der Waals surface area contributed by atoms with E-state index in [2.05, 4.69) is 59.2 Å². The zero-order valence-electron chi connectivity index (χ0n) is 13.5. The van der Waals surface area contributed by atoms with E-state index in [1.54, 1.807) is 6.92 Å². The lowest BCUT2D eigenvalue weighted by Crippen LogP contribution is -2.26. The third-order valence-corrected chi connectivity index (χ3v) is 6.71. The summed E-state index contributed by atoms with van der Waals surface area (Å²) in [4.78, 5) is 6.58. The van der Waals surface area contributed by atoms with Crippen LogP contribution in [0.5, 0.6) is 0 Å². The number of aromatic nitrogens is 1. The summed E-state index contributed by atoms with van der Waals surface area (Å²) < 4.78 is 24.8. The Bertz CT molecular complexity index is 905. The van der Waals surface area contributed by atoms with Crippen LogP contribution in [-0.2, 0) is 10.0 Å². The van der Waals surface area contributed by atoms with Crippen LogP contribution in [-0.4, -0.2) is 32.5 Å². The number of pyridine rings is 1. The zero-order chi connectivity index (χ0) is 18.2. The van der Waals surface area contributed by atoms with E-state index in [0.717, 1.165) is 24.0 Å². The van der Waals surface area contributed by atoms with Crippen LogP contribution in [0.3, 0.4) is 0 Å². The number of nitrogens with zero attached hydrogens (tertiary/aromatic N) is 2. The molecule has 1 unspecified atom stereocenters. The molecule has 0 aliphatic carbocycles. The van der Waals surface area contributed by atoms with Crippen LogP contribution in [0.2, 0.25) is 0 Å². The van der Waals surface area contributed by atoms with E-state index in [1.165, 1.54) is 11.9 Å². The Balaban J connectivity index is 1.75. The van der Waals surface area contributed by atoms with E-state index in [0.29, 0.717) is 15.9 Å². The first-order valence-corrected chi connectivity index (χ1v) is 10.8. The van der Waals surface area contributed by atoms with Crippen molar-refractivity contribution < 1.29 is 8.42 Å². The Kier molecular flexibility index (Phi) is 5.38. The fourth-order valence-corrected chi connectivity index (χ4v) is 4.61. The molecular formula is C16H18Br2N4O2S. The largest absolute Gasteiger partial charge is 0.369 e. The van der Waals surface area contributed by atoms with E-state index in [1.807, 2.05) is 12.1 Å². The van der Waals surface area contributed by atoms with Crippen LogP contribution in [0, 0.1) is 6.92 Å². The zero-order valence-corrected chi connectivity index (χ0v) is 17.5. The molecule has 3 N–H and O–H groups in total. The summed E-state index contributed by atoms with van der Waals surface area (Å²) in [5, 5.41) is 8.61. The van der Waals surface area contributed by atoms with Gasteiger partial charge in [0.1, 0.15) is 10.7 Å². The third kappa shape index (κ3) is 4.16. The van der Waals surface area contributed by atoms with Gasteiger partial charge in [-0.15, -0.1) is 0 Å². The van der Waals surface area contributed by atoms with Crippen molar-refractivity contribution in [1.29, 1.82) is 0 Å². The van der Waals surface area contributed by atoms with Crippen molar-refractivity contribution in [3.63, 3.8) is 0 Å². The SMILES string of the molecule is Cc1c(S(N)(=O)=O)cnc(NC2CCN(c3cccc(Br)c3)C2)c1Br. The van der Waals surface area contributed by atoms with Crippen molar-refractivity contribution in [2.75, 3.05) is 23.3 Å². The van der Waals surface area contributed by atoms with Crippen molar-refractivity contribution in [3.05, 3.63) is 45.0 Å². The molecule has 3 rings (SSSR count). The minimum absolute atomic E-state index is 0.0344. The minimum atomic E-state index is -3.78. The number of rotatable bonds is 4. The lowest BCUT2D eigenvalue weighted by molar-refractivity contribution is 0.596.